The number of Topliss-reactive ketones (excluding diaryl/α,β-unsaturated/α-hetero) is 1. The van der Waals surface area contributed by atoms with Crippen LogP contribution in [0.3, 0.4) is 0 Å². The molecule has 0 bridgehead atoms. The van der Waals surface area contributed by atoms with E-state index in [9.17, 15) is 18.0 Å². The zero-order valence-corrected chi connectivity index (χ0v) is 21.1. The Balaban J connectivity index is 1.51. The van der Waals surface area contributed by atoms with Gasteiger partial charge in [0.15, 0.2) is 15.6 Å². The molecule has 0 spiro atoms. The van der Waals surface area contributed by atoms with Crippen LogP contribution in [0.4, 0.5) is 5.82 Å². The van der Waals surface area contributed by atoms with Crippen molar-refractivity contribution in [2.24, 2.45) is 0 Å². The Bertz CT molecular complexity index is 1400. The van der Waals surface area contributed by atoms with E-state index in [1.54, 1.807) is 25.1 Å². The van der Waals surface area contributed by atoms with Gasteiger partial charge in [0.05, 0.1) is 39.6 Å². The second-order valence-corrected chi connectivity index (χ2v) is 11.4. The Kier molecular flexibility index (Phi) is 6.55. The van der Waals surface area contributed by atoms with Crippen LogP contribution in [0.5, 0.6) is 0 Å². The number of nitrogens with one attached hydrogen (secondary N) is 1. The monoisotopic (exact) mass is 492 g/mol. The van der Waals surface area contributed by atoms with Gasteiger partial charge in [0.1, 0.15) is 5.82 Å². The van der Waals surface area contributed by atoms with E-state index in [0.717, 1.165) is 11.3 Å². The highest BCUT2D eigenvalue weighted by Gasteiger charge is 2.42. The van der Waals surface area contributed by atoms with E-state index < -0.39 is 15.3 Å². The smallest absolute Gasteiger partial charge is 0.229 e. The molecule has 1 aliphatic carbocycles. The molecule has 1 aliphatic rings. The van der Waals surface area contributed by atoms with Crippen molar-refractivity contribution in [1.82, 2.24) is 15.2 Å². The number of rotatable bonds is 6. The van der Waals surface area contributed by atoms with Gasteiger partial charge in [-0.15, -0.1) is 0 Å². The first-order valence-electron chi connectivity index (χ1n) is 11.5. The fourth-order valence-electron chi connectivity index (χ4n) is 4.34. The van der Waals surface area contributed by atoms with Crippen molar-refractivity contribution in [3.8, 4) is 0 Å². The van der Waals surface area contributed by atoms with Crippen LogP contribution in [-0.4, -0.2) is 41.0 Å². The summed E-state index contributed by atoms with van der Waals surface area (Å²) in [7, 11) is -3.28. The number of hydrogen-bond donors (Lipinski definition) is 1. The quantitative estimate of drug-likeness (QED) is 0.559. The lowest BCUT2D eigenvalue weighted by Crippen LogP contribution is -2.39. The van der Waals surface area contributed by atoms with Crippen molar-refractivity contribution in [1.29, 1.82) is 0 Å². The minimum atomic E-state index is -3.28. The number of sulfone groups is 1. The summed E-state index contributed by atoms with van der Waals surface area (Å²) in [4.78, 5) is 30.9. The Morgan fingerprint density at radius 3 is 2.43 bits per heavy atom. The van der Waals surface area contributed by atoms with Crippen LogP contribution >= 0.6 is 0 Å². The number of aryl methyl sites for hydroxylation is 3. The lowest BCUT2D eigenvalue weighted by molar-refractivity contribution is -0.115. The second-order valence-electron chi connectivity index (χ2n) is 9.14. The molecule has 2 heterocycles. The molecule has 1 amide bonds. The molecule has 2 aromatic heterocycles. The van der Waals surface area contributed by atoms with Gasteiger partial charge in [0.25, 0.3) is 0 Å². The first kappa shape index (κ1) is 24.7. The van der Waals surface area contributed by atoms with Crippen LogP contribution in [0.1, 0.15) is 58.8 Å². The molecule has 1 N–H and O–H groups in total. The Morgan fingerprint density at radius 1 is 1.09 bits per heavy atom. The molecule has 0 saturated heterocycles. The average Bonchev–Trinajstić information content (AvgIpc) is 2.82. The summed E-state index contributed by atoms with van der Waals surface area (Å²) < 4.78 is 23.9. The van der Waals surface area contributed by atoms with Gasteiger partial charge < -0.3 is 5.32 Å². The van der Waals surface area contributed by atoms with Crippen molar-refractivity contribution < 1.29 is 18.0 Å². The third-order valence-corrected chi connectivity index (χ3v) is 8.29. The molecule has 4 rings (SSSR count). The zero-order valence-electron chi connectivity index (χ0n) is 20.3. The van der Waals surface area contributed by atoms with Gasteiger partial charge in [-0.05, 0) is 75.1 Å². The molecule has 0 saturated carbocycles. The van der Waals surface area contributed by atoms with Gasteiger partial charge in [-0.1, -0.05) is 19.1 Å². The fraction of sp³-hybridized carbons (Fsp3) is 0.346. The number of fused-ring (bicyclic) bond motifs is 1. The summed E-state index contributed by atoms with van der Waals surface area (Å²) in [6, 6.07) is 11.7. The standard InChI is InChI=1S/C26H28N4O4S/c1-5-35(33,34)19-9-7-18(8-10-19)15-23(31)28-22-14-16(2)24-20(27-22)12-13-26(4,25(24)32)21-11-6-17(3)29-30-21/h6-11,14H,5,12-13,15H2,1-4H3,(H,27,28,31). The van der Waals surface area contributed by atoms with E-state index in [2.05, 4.69) is 20.5 Å². The van der Waals surface area contributed by atoms with Gasteiger partial charge in [-0.3, -0.25) is 9.59 Å². The third-order valence-electron chi connectivity index (χ3n) is 6.54. The number of carbonyl (C=O) groups is 2. The van der Waals surface area contributed by atoms with E-state index in [1.165, 1.54) is 12.1 Å². The lowest BCUT2D eigenvalue weighted by atomic mass is 9.70. The summed E-state index contributed by atoms with van der Waals surface area (Å²) in [5, 5.41) is 11.2. The molecule has 0 fully saturated rings. The first-order valence-corrected chi connectivity index (χ1v) is 13.2. The normalized spacial score (nSPS) is 17.7. The van der Waals surface area contributed by atoms with Gasteiger partial charge in [-0.25, -0.2) is 13.4 Å². The lowest BCUT2D eigenvalue weighted by Gasteiger charge is -2.33. The molecule has 1 unspecified atom stereocenters. The Hall–Kier alpha value is -3.46. The number of nitrogens with zero attached hydrogens (tertiary/aromatic N) is 3. The summed E-state index contributed by atoms with van der Waals surface area (Å²) in [5.41, 5.74) is 3.34. The first-order chi connectivity index (χ1) is 16.5. The molecule has 0 aliphatic heterocycles. The summed E-state index contributed by atoms with van der Waals surface area (Å²) in [5.74, 6) is 0.103. The number of anilines is 1. The largest absolute Gasteiger partial charge is 0.310 e. The van der Waals surface area contributed by atoms with Crippen LogP contribution in [0.25, 0.3) is 0 Å². The van der Waals surface area contributed by atoms with Crippen molar-refractivity contribution in [3.05, 3.63) is 76.2 Å². The molecule has 182 valence electrons. The molecule has 0 radical (unpaired) electrons. The molecule has 8 nitrogen and oxygen atoms in total. The van der Waals surface area contributed by atoms with Crippen LogP contribution in [0, 0.1) is 13.8 Å². The van der Waals surface area contributed by atoms with Crippen LogP contribution in [0.15, 0.2) is 47.4 Å². The number of carbonyl (C=O) groups excluding carboxylic acids is 2. The molecule has 1 aromatic carbocycles. The number of pyridine rings is 1. The predicted molar refractivity (Wildman–Crippen MR) is 132 cm³/mol. The highest BCUT2D eigenvalue weighted by Crippen LogP contribution is 2.38. The van der Waals surface area contributed by atoms with Gasteiger partial charge in [0, 0.05) is 5.56 Å². The van der Waals surface area contributed by atoms with E-state index in [4.69, 9.17) is 0 Å². The van der Waals surface area contributed by atoms with Gasteiger partial charge in [-0.2, -0.15) is 10.2 Å². The maximum absolute atomic E-state index is 13.5. The van der Waals surface area contributed by atoms with Crippen molar-refractivity contribution in [2.45, 2.75) is 57.3 Å². The zero-order chi connectivity index (χ0) is 25.4. The molecular formula is C26H28N4O4S. The number of aromatic nitrogens is 3. The van der Waals surface area contributed by atoms with Crippen LogP contribution in [-0.2, 0) is 32.9 Å². The van der Waals surface area contributed by atoms with E-state index in [-0.39, 0.29) is 28.8 Å². The number of amides is 1. The molecule has 35 heavy (non-hydrogen) atoms. The highest BCUT2D eigenvalue weighted by atomic mass is 32.2. The van der Waals surface area contributed by atoms with Crippen LogP contribution in [0.2, 0.25) is 0 Å². The highest BCUT2D eigenvalue weighted by molar-refractivity contribution is 7.91. The minimum absolute atomic E-state index is 0.0241. The molecule has 1 atom stereocenters. The molecule has 9 heteroatoms. The van der Waals surface area contributed by atoms with E-state index in [1.807, 2.05) is 32.9 Å². The summed E-state index contributed by atoms with van der Waals surface area (Å²) in [6.07, 6.45) is 1.20. The minimum Gasteiger partial charge on any atom is -0.310 e. The van der Waals surface area contributed by atoms with Gasteiger partial charge in [0.2, 0.25) is 5.91 Å². The van der Waals surface area contributed by atoms with Crippen molar-refractivity contribution >= 4 is 27.3 Å². The van der Waals surface area contributed by atoms with Crippen molar-refractivity contribution in [3.63, 3.8) is 0 Å². The fourth-order valence-corrected chi connectivity index (χ4v) is 5.23. The SMILES string of the molecule is CCS(=O)(=O)c1ccc(CC(=O)Nc2cc(C)c3c(n2)CCC(C)(c2ccc(C)nn2)C3=O)cc1. The molecule has 3 aromatic rings. The van der Waals surface area contributed by atoms with E-state index in [0.29, 0.717) is 41.2 Å². The number of benzene rings is 1. The van der Waals surface area contributed by atoms with E-state index >= 15 is 0 Å². The maximum atomic E-state index is 13.5. The third kappa shape index (κ3) is 4.86. The topological polar surface area (TPSA) is 119 Å². The second kappa shape index (κ2) is 9.30. The average molecular weight is 493 g/mol. The number of ketones is 1. The maximum Gasteiger partial charge on any atom is 0.229 e. The van der Waals surface area contributed by atoms with Crippen molar-refractivity contribution in [2.75, 3.05) is 11.1 Å². The van der Waals surface area contributed by atoms with Gasteiger partial charge >= 0.3 is 0 Å². The number of hydrogen-bond acceptors (Lipinski definition) is 7. The molecular weight excluding hydrogens is 464 g/mol. The Morgan fingerprint density at radius 2 is 1.80 bits per heavy atom. The predicted octanol–water partition coefficient (Wildman–Crippen LogP) is 3.55. The summed E-state index contributed by atoms with van der Waals surface area (Å²) >= 11 is 0. The summed E-state index contributed by atoms with van der Waals surface area (Å²) in [6.45, 7) is 7.18. The van der Waals surface area contributed by atoms with Crippen LogP contribution < -0.4 is 5.32 Å². The Labute approximate surface area is 205 Å².